The molecule has 2 aromatic heterocycles. The fourth-order valence-electron chi connectivity index (χ4n) is 4.66. The van der Waals surface area contributed by atoms with Gasteiger partial charge in [0, 0.05) is 38.2 Å². The Labute approximate surface area is 225 Å². The van der Waals surface area contributed by atoms with Crippen molar-refractivity contribution in [1.82, 2.24) is 35.4 Å². The molecule has 2 aromatic carbocycles. The number of benzene rings is 2. The van der Waals surface area contributed by atoms with Gasteiger partial charge in [0.1, 0.15) is 5.82 Å². The number of hydrogen-bond donors (Lipinski definition) is 1. The highest BCUT2D eigenvalue weighted by molar-refractivity contribution is 5.80. The fourth-order valence-corrected chi connectivity index (χ4v) is 4.66. The van der Waals surface area contributed by atoms with Crippen LogP contribution in [0, 0.1) is 5.41 Å². The van der Waals surface area contributed by atoms with E-state index in [1.807, 2.05) is 36.7 Å². The van der Waals surface area contributed by atoms with Crippen molar-refractivity contribution in [3.8, 4) is 22.5 Å². The first-order valence-electron chi connectivity index (χ1n) is 13.4. The minimum atomic E-state index is -0.931. The van der Waals surface area contributed by atoms with Crippen LogP contribution in [-0.4, -0.2) is 48.6 Å². The molecule has 1 N–H and O–H groups in total. The number of nitrogens with zero attached hydrogens (tertiary/aromatic N) is 6. The standard InChI is InChI=1S/C29H39N7O2/c1-7-18-29(37-8-2,38-9-3)27-30-25(36(33-27)20-28(4,5)6)19-21-14-16-22(17-15-21)23-12-10-11-13-24(23)26-31-34-35-32-26/h10-17H,7-9,18-20H2,1-6H3,(H,31,32,34,35). The van der Waals surface area contributed by atoms with Gasteiger partial charge in [0.15, 0.2) is 5.82 Å². The Hall–Kier alpha value is -3.43. The van der Waals surface area contributed by atoms with Crippen molar-refractivity contribution in [3.05, 3.63) is 65.7 Å². The van der Waals surface area contributed by atoms with Crippen LogP contribution in [0.15, 0.2) is 48.5 Å². The normalized spacial score (nSPS) is 12.3. The molecule has 0 fully saturated rings. The van der Waals surface area contributed by atoms with E-state index in [9.17, 15) is 0 Å². The van der Waals surface area contributed by atoms with Crippen LogP contribution in [0.1, 0.15) is 71.6 Å². The zero-order chi connectivity index (χ0) is 27.2. The summed E-state index contributed by atoms with van der Waals surface area (Å²) in [7, 11) is 0. The quantitative estimate of drug-likeness (QED) is 0.237. The number of tetrazole rings is 1. The Balaban J connectivity index is 1.66. The Morgan fingerprint density at radius 2 is 1.58 bits per heavy atom. The predicted octanol–water partition coefficient (Wildman–Crippen LogP) is 5.79. The van der Waals surface area contributed by atoms with Crippen LogP contribution in [0.25, 0.3) is 22.5 Å². The van der Waals surface area contributed by atoms with Crippen LogP contribution < -0.4 is 0 Å². The molecule has 4 rings (SSSR count). The molecule has 0 saturated heterocycles. The highest BCUT2D eigenvalue weighted by atomic mass is 16.7. The Bertz CT molecular complexity index is 1270. The SMILES string of the molecule is CCCC(OCC)(OCC)c1nc(Cc2ccc(-c3ccccc3-c3nnn[nH]3)cc2)n(CC(C)(C)C)n1. The van der Waals surface area contributed by atoms with Gasteiger partial charge >= 0.3 is 0 Å². The van der Waals surface area contributed by atoms with Gasteiger partial charge in [-0.15, -0.1) is 5.10 Å². The molecule has 0 saturated carbocycles. The average molecular weight is 518 g/mol. The summed E-state index contributed by atoms with van der Waals surface area (Å²) in [4.78, 5) is 5.02. The number of ether oxygens (including phenoxy) is 2. The van der Waals surface area contributed by atoms with Gasteiger partial charge in [-0.3, -0.25) is 0 Å². The van der Waals surface area contributed by atoms with Gasteiger partial charge in [-0.05, 0) is 46.4 Å². The summed E-state index contributed by atoms with van der Waals surface area (Å²) >= 11 is 0. The third-order valence-corrected chi connectivity index (χ3v) is 6.20. The van der Waals surface area contributed by atoms with E-state index in [4.69, 9.17) is 19.6 Å². The van der Waals surface area contributed by atoms with Crippen molar-refractivity contribution in [2.45, 2.75) is 73.1 Å². The zero-order valence-electron chi connectivity index (χ0n) is 23.4. The minimum Gasteiger partial charge on any atom is -0.344 e. The molecule has 202 valence electrons. The fraction of sp³-hybridized carbons (Fsp3) is 0.483. The number of rotatable bonds is 12. The van der Waals surface area contributed by atoms with Gasteiger partial charge in [0.05, 0.1) is 0 Å². The highest BCUT2D eigenvalue weighted by Gasteiger charge is 2.38. The second kappa shape index (κ2) is 12.0. The lowest BCUT2D eigenvalue weighted by atomic mass is 9.96. The van der Waals surface area contributed by atoms with Crippen LogP contribution in [0.2, 0.25) is 0 Å². The molecule has 0 aliphatic rings. The van der Waals surface area contributed by atoms with E-state index < -0.39 is 5.79 Å². The monoisotopic (exact) mass is 517 g/mol. The lowest BCUT2D eigenvalue weighted by Gasteiger charge is -2.30. The van der Waals surface area contributed by atoms with E-state index in [0.29, 0.717) is 37.7 Å². The third-order valence-electron chi connectivity index (χ3n) is 6.20. The van der Waals surface area contributed by atoms with Gasteiger partial charge < -0.3 is 9.47 Å². The summed E-state index contributed by atoms with van der Waals surface area (Å²) in [6, 6.07) is 16.6. The van der Waals surface area contributed by atoms with Crippen LogP contribution in [-0.2, 0) is 28.2 Å². The van der Waals surface area contributed by atoms with Crippen LogP contribution in [0.3, 0.4) is 0 Å². The summed E-state index contributed by atoms with van der Waals surface area (Å²) in [6.45, 7) is 14.5. The maximum Gasteiger partial charge on any atom is 0.232 e. The zero-order valence-corrected chi connectivity index (χ0v) is 23.4. The molecule has 0 amide bonds. The summed E-state index contributed by atoms with van der Waals surface area (Å²) in [6.07, 6.45) is 2.25. The first-order valence-corrected chi connectivity index (χ1v) is 13.4. The molecule has 0 unspecified atom stereocenters. The van der Waals surface area contributed by atoms with Gasteiger partial charge in [-0.2, -0.15) is 5.10 Å². The third kappa shape index (κ3) is 6.34. The highest BCUT2D eigenvalue weighted by Crippen LogP contribution is 2.33. The molecular formula is C29H39N7O2. The largest absolute Gasteiger partial charge is 0.344 e. The van der Waals surface area contributed by atoms with Gasteiger partial charge in [-0.1, -0.05) is 82.6 Å². The maximum atomic E-state index is 6.17. The first kappa shape index (κ1) is 27.6. The first-order chi connectivity index (χ1) is 18.3. The molecule has 0 spiro atoms. The molecule has 38 heavy (non-hydrogen) atoms. The van der Waals surface area contributed by atoms with E-state index in [-0.39, 0.29) is 5.41 Å². The van der Waals surface area contributed by atoms with Crippen molar-refractivity contribution in [2.24, 2.45) is 5.41 Å². The van der Waals surface area contributed by atoms with Crippen LogP contribution in [0.5, 0.6) is 0 Å². The second-order valence-corrected chi connectivity index (χ2v) is 10.6. The van der Waals surface area contributed by atoms with E-state index >= 15 is 0 Å². The molecule has 0 aliphatic carbocycles. The molecule has 9 nitrogen and oxygen atoms in total. The number of aromatic nitrogens is 7. The lowest BCUT2D eigenvalue weighted by Crippen LogP contribution is -2.35. The number of nitrogens with one attached hydrogen (secondary N) is 1. The summed E-state index contributed by atoms with van der Waals surface area (Å²) in [5.74, 6) is 1.22. The van der Waals surface area contributed by atoms with Gasteiger partial charge in [0.25, 0.3) is 0 Å². The topological polar surface area (TPSA) is 104 Å². The van der Waals surface area contributed by atoms with E-state index in [2.05, 4.69) is 78.7 Å². The molecule has 0 radical (unpaired) electrons. The summed E-state index contributed by atoms with van der Waals surface area (Å²) in [5.41, 5.74) is 4.29. The van der Waals surface area contributed by atoms with Crippen molar-refractivity contribution >= 4 is 0 Å². The Kier molecular flexibility index (Phi) is 8.69. The summed E-state index contributed by atoms with van der Waals surface area (Å²) in [5, 5.41) is 19.4. The second-order valence-electron chi connectivity index (χ2n) is 10.6. The molecule has 9 heteroatoms. The van der Waals surface area contributed by atoms with Gasteiger partial charge in [-0.25, -0.2) is 14.8 Å². The van der Waals surface area contributed by atoms with E-state index in [1.54, 1.807) is 0 Å². The Morgan fingerprint density at radius 1 is 0.895 bits per heavy atom. The van der Waals surface area contributed by atoms with Crippen molar-refractivity contribution in [3.63, 3.8) is 0 Å². The van der Waals surface area contributed by atoms with Crippen molar-refractivity contribution < 1.29 is 9.47 Å². The molecule has 4 aromatic rings. The summed E-state index contributed by atoms with van der Waals surface area (Å²) < 4.78 is 14.4. The number of H-pyrrole nitrogens is 1. The smallest absolute Gasteiger partial charge is 0.232 e. The van der Waals surface area contributed by atoms with Gasteiger partial charge in [0.2, 0.25) is 11.6 Å². The van der Waals surface area contributed by atoms with E-state index in [1.165, 1.54) is 0 Å². The predicted molar refractivity (Wildman–Crippen MR) is 147 cm³/mol. The number of hydrogen-bond acceptors (Lipinski definition) is 7. The van der Waals surface area contributed by atoms with Crippen molar-refractivity contribution in [1.29, 1.82) is 0 Å². The van der Waals surface area contributed by atoms with Crippen LogP contribution >= 0.6 is 0 Å². The average Bonchev–Trinajstić information content (AvgIpc) is 3.55. The Morgan fingerprint density at radius 3 is 2.16 bits per heavy atom. The van der Waals surface area contributed by atoms with E-state index in [0.717, 1.165) is 41.0 Å². The molecular weight excluding hydrogens is 478 g/mol. The molecule has 0 aliphatic heterocycles. The minimum absolute atomic E-state index is 0.0352. The molecule has 0 atom stereocenters. The van der Waals surface area contributed by atoms with Crippen LogP contribution in [0.4, 0.5) is 0 Å². The lowest BCUT2D eigenvalue weighted by molar-refractivity contribution is -0.251. The maximum absolute atomic E-state index is 6.17. The van der Waals surface area contributed by atoms with Crippen molar-refractivity contribution in [2.75, 3.05) is 13.2 Å². The molecule has 0 bridgehead atoms. The number of aromatic amines is 1. The molecule has 2 heterocycles.